The number of anilines is 1. The van der Waals surface area contributed by atoms with E-state index in [2.05, 4.69) is 0 Å². The Hall–Kier alpha value is -4.10. The van der Waals surface area contributed by atoms with E-state index >= 15 is 0 Å². The van der Waals surface area contributed by atoms with Gasteiger partial charge in [-0.05, 0) is 30.2 Å². The van der Waals surface area contributed by atoms with E-state index in [1.165, 1.54) is 7.11 Å². The van der Waals surface area contributed by atoms with E-state index < -0.39 is 46.9 Å². The summed E-state index contributed by atoms with van der Waals surface area (Å²) >= 11 is 0. The number of para-hydroxylation sites is 2. The van der Waals surface area contributed by atoms with Crippen LogP contribution in [0.1, 0.15) is 37.9 Å². The van der Waals surface area contributed by atoms with Crippen LogP contribution in [0.2, 0.25) is 0 Å². The summed E-state index contributed by atoms with van der Waals surface area (Å²) in [6, 6.07) is 20.5. The number of hydrogen-bond donors (Lipinski definition) is 0. The van der Waals surface area contributed by atoms with Crippen molar-refractivity contribution in [2.45, 2.75) is 18.6 Å². The molecule has 0 saturated carbocycles. The zero-order valence-electron chi connectivity index (χ0n) is 19.1. The first-order valence-electron chi connectivity index (χ1n) is 11.3. The van der Waals surface area contributed by atoms with E-state index in [0.29, 0.717) is 11.3 Å². The normalized spacial score (nSPS) is 24.3. The number of carbonyl (C=O) groups excluding carboxylic acids is 4. The molecule has 0 aromatic heterocycles. The van der Waals surface area contributed by atoms with Gasteiger partial charge in [0.15, 0.2) is 0 Å². The molecule has 35 heavy (non-hydrogen) atoms. The molecular formula is C28H21NO6. The monoisotopic (exact) mass is 467 g/mol. The molecule has 2 aliphatic heterocycles. The molecule has 7 nitrogen and oxygen atoms in total. The van der Waals surface area contributed by atoms with Gasteiger partial charge in [0.2, 0.25) is 29.0 Å². The second-order valence-electron chi connectivity index (χ2n) is 9.02. The van der Waals surface area contributed by atoms with Crippen molar-refractivity contribution in [2.75, 3.05) is 12.0 Å². The Kier molecular flexibility index (Phi) is 4.56. The smallest absolute Gasteiger partial charge is 0.241 e. The minimum atomic E-state index is -2.09. The van der Waals surface area contributed by atoms with E-state index in [4.69, 9.17) is 9.47 Å². The number of aryl methyl sites for hydroxylation is 1. The summed E-state index contributed by atoms with van der Waals surface area (Å²) in [7, 11) is 1.45. The van der Waals surface area contributed by atoms with Crippen LogP contribution in [0.3, 0.4) is 0 Å². The Balaban J connectivity index is 1.57. The second-order valence-corrected chi connectivity index (χ2v) is 9.02. The third-order valence-corrected chi connectivity index (χ3v) is 7.34. The Morgan fingerprint density at radius 3 is 2.06 bits per heavy atom. The summed E-state index contributed by atoms with van der Waals surface area (Å²) in [4.78, 5) is 56.6. The molecule has 2 saturated heterocycles. The molecule has 3 aliphatic rings. The topological polar surface area (TPSA) is 90.0 Å². The van der Waals surface area contributed by atoms with Crippen molar-refractivity contribution in [3.8, 4) is 5.75 Å². The molecule has 2 amide bonds. The first-order valence-corrected chi connectivity index (χ1v) is 11.3. The molecule has 174 valence electrons. The van der Waals surface area contributed by atoms with Crippen LogP contribution in [-0.2, 0) is 14.3 Å². The summed E-state index contributed by atoms with van der Waals surface area (Å²) in [6.07, 6.45) is -0.945. The highest BCUT2D eigenvalue weighted by atomic mass is 16.5. The summed E-state index contributed by atoms with van der Waals surface area (Å²) < 4.78 is 11.7. The molecule has 2 heterocycles. The lowest BCUT2D eigenvalue weighted by Gasteiger charge is -2.28. The van der Waals surface area contributed by atoms with Gasteiger partial charge in [0.05, 0.1) is 30.7 Å². The predicted octanol–water partition coefficient (Wildman–Crippen LogP) is 3.70. The average molecular weight is 467 g/mol. The van der Waals surface area contributed by atoms with Crippen molar-refractivity contribution in [2.24, 2.45) is 11.8 Å². The summed E-state index contributed by atoms with van der Waals surface area (Å²) in [6.45, 7) is 1.87. The number of carbonyl (C=O) groups is 4. The highest BCUT2D eigenvalue weighted by molar-refractivity contribution is 6.37. The summed E-state index contributed by atoms with van der Waals surface area (Å²) in [5.41, 5.74) is 0.0904. The van der Waals surface area contributed by atoms with Crippen LogP contribution in [0.4, 0.5) is 5.69 Å². The number of imide groups is 1. The molecule has 0 radical (unpaired) electrons. The number of amides is 2. The van der Waals surface area contributed by atoms with Crippen LogP contribution >= 0.6 is 0 Å². The SMILES string of the molecule is COc1ccccc1N1C(=O)[C@@H]2C(c3ccccc3C)OC3(C(=O)c4ccccc4C3=O)[C@@H]2C1=O. The van der Waals surface area contributed by atoms with Gasteiger partial charge in [-0.25, -0.2) is 4.90 Å². The first kappa shape index (κ1) is 21.4. The van der Waals surface area contributed by atoms with E-state index in [1.54, 1.807) is 60.7 Å². The molecule has 6 rings (SSSR count). The van der Waals surface area contributed by atoms with E-state index in [9.17, 15) is 19.2 Å². The van der Waals surface area contributed by atoms with Gasteiger partial charge < -0.3 is 9.47 Å². The highest BCUT2D eigenvalue weighted by Crippen LogP contribution is 2.58. The summed E-state index contributed by atoms with van der Waals surface area (Å²) in [5.74, 6) is -4.32. The maximum atomic E-state index is 14.0. The van der Waals surface area contributed by atoms with Gasteiger partial charge in [-0.1, -0.05) is 60.7 Å². The molecule has 7 heteroatoms. The standard InChI is InChI=1S/C28H21NO6/c1-15-9-3-4-10-16(15)23-21-22(27(33)29(26(21)32)19-13-7-8-14-20(19)34-2)28(35-23)24(30)17-11-5-6-12-18(17)25(28)31/h3-14,21-23H,1-2H3/t21-,22-,23?/m0/s1. The van der Waals surface area contributed by atoms with Crippen molar-refractivity contribution in [3.63, 3.8) is 0 Å². The zero-order valence-corrected chi connectivity index (χ0v) is 19.1. The third-order valence-electron chi connectivity index (χ3n) is 7.34. The Morgan fingerprint density at radius 1 is 0.800 bits per heavy atom. The van der Waals surface area contributed by atoms with Crippen LogP contribution in [0.5, 0.6) is 5.75 Å². The van der Waals surface area contributed by atoms with Gasteiger partial charge in [-0.15, -0.1) is 0 Å². The number of nitrogens with zero attached hydrogens (tertiary/aromatic N) is 1. The van der Waals surface area contributed by atoms with Crippen LogP contribution in [-0.4, -0.2) is 36.1 Å². The molecule has 3 aromatic carbocycles. The molecular weight excluding hydrogens is 446 g/mol. The predicted molar refractivity (Wildman–Crippen MR) is 125 cm³/mol. The number of benzene rings is 3. The zero-order chi connectivity index (χ0) is 24.5. The van der Waals surface area contributed by atoms with Gasteiger partial charge in [-0.2, -0.15) is 0 Å². The Labute approximate surface area is 201 Å². The van der Waals surface area contributed by atoms with Gasteiger partial charge in [0, 0.05) is 11.1 Å². The number of Topliss-reactive ketones (excluding diaryl/α,β-unsaturated/α-hetero) is 2. The van der Waals surface area contributed by atoms with Crippen molar-refractivity contribution >= 4 is 29.1 Å². The molecule has 3 aromatic rings. The van der Waals surface area contributed by atoms with Gasteiger partial charge in [-0.3, -0.25) is 19.2 Å². The Morgan fingerprint density at radius 2 is 1.40 bits per heavy atom. The first-order chi connectivity index (χ1) is 16.9. The van der Waals surface area contributed by atoms with Crippen LogP contribution < -0.4 is 9.64 Å². The van der Waals surface area contributed by atoms with Crippen molar-refractivity contribution in [3.05, 3.63) is 95.1 Å². The van der Waals surface area contributed by atoms with Crippen molar-refractivity contribution in [1.29, 1.82) is 0 Å². The molecule has 0 N–H and O–H groups in total. The fourth-order valence-corrected chi connectivity index (χ4v) is 5.76. The fraction of sp³-hybridized carbons (Fsp3) is 0.214. The number of fused-ring (bicyclic) bond motifs is 3. The lowest BCUT2D eigenvalue weighted by atomic mass is 9.77. The molecule has 1 unspecified atom stereocenters. The molecule has 0 bridgehead atoms. The lowest BCUT2D eigenvalue weighted by Crippen LogP contribution is -2.51. The number of hydrogen-bond acceptors (Lipinski definition) is 6. The highest BCUT2D eigenvalue weighted by Gasteiger charge is 2.75. The largest absolute Gasteiger partial charge is 0.495 e. The maximum absolute atomic E-state index is 14.0. The van der Waals surface area contributed by atoms with Gasteiger partial charge in [0.1, 0.15) is 5.75 Å². The molecule has 2 fully saturated rings. The molecule has 3 atom stereocenters. The van der Waals surface area contributed by atoms with Crippen molar-refractivity contribution in [1.82, 2.24) is 0 Å². The van der Waals surface area contributed by atoms with E-state index in [1.807, 2.05) is 19.1 Å². The van der Waals surface area contributed by atoms with Crippen LogP contribution in [0.15, 0.2) is 72.8 Å². The van der Waals surface area contributed by atoms with Crippen LogP contribution in [0, 0.1) is 18.8 Å². The van der Waals surface area contributed by atoms with E-state index in [0.717, 1.165) is 10.5 Å². The van der Waals surface area contributed by atoms with Gasteiger partial charge >= 0.3 is 0 Å². The fourth-order valence-electron chi connectivity index (χ4n) is 5.76. The quantitative estimate of drug-likeness (QED) is 0.431. The lowest BCUT2D eigenvalue weighted by molar-refractivity contribution is -0.127. The number of rotatable bonds is 3. The molecule has 1 aliphatic carbocycles. The number of methoxy groups -OCH3 is 1. The van der Waals surface area contributed by atoms with Crippen LogP contribution in [0.25, 0.3) is 0 Å². The maximum Gasteiger partial charge on any atom is 0.241 e. The van der Waals surface area contributed by atoms with Crippen molar-refractivity contribution < 1.29 is 28.7 Å². The number of ketones is 2. The minimum Gasteiger partial charge on any atom is -0.495 e. The summed E-state index contributed by atoms with van der Waals surface area (Å²) in [5, 5.41) is 0. The average Bonchev–Trinajstić information content (AvgIpc) is 3.44. The minimum absolute atomic E-state index is 0.206. The van der Waals surface area contributed by atoms with Gasteiger partial charge in [0.25, 0.3) is 0 Å². The third kappa shape index (κ3) is 2.64. The molecule has 1 spiro atoms. The number of ether oxygens (including phenoxy) is 2. The van der Waals surface area contributed by atoms with E-state index in [-0.39, 0.29) is 16.8 Å². The Bertz CT molecular complexity index is 1410. The second kappa shape index (κ2) is 7.45.